The molecule has 0 saturated heterocycles. The fraction of sp³-hybridized carbons (Fsp3) is 0.312. The second-order valence-electron chi connectivity index (χ2n) is 11.4. The van der Waals surface area contributed by atoms with E-state index in [0.29, 0.717) is 11.3 Å². The van der Waals surface area contributed by atoms with Gasteiger partial charge in [-0.1, -0.05) is 53.3 Å². The lowest BCUT2D eigenvalue weighted by Gasteiger charge is -2.20. The molecule has 0 aliphatic rings. The van der Waals surface area contributed by atoms with Crippen molar-refractivity contribution < 1.29 is 31.9 Å². The van der Waals surface area contributed by atoms with Crippen molar-refractivity contribution in [3.63, 3.8) is 0 Å². The van der Waals surface area contributed by atoms with Crippen molar-refractivity contribution in [3.8, 4) is 5.75 Å². The van der Waals surface area contributed by atoms with Crippen molar-refractivity contribution in [2.75, 3.05) is 17.7 Å². The van der Waals surface area contributed by atoms with Gasteiger partial charge in [-0.3, -0.25) is 14.6 Å². The number of amides is 2. The molecule has 234 valence electrons. The van der Waals surface area contributed by atoms with E-state index in [9.17, 15) is 18.6 Å². The zero-order chi connectivity index (χ0) is 32.6. The highest BCUT2D eigenvalue weighted by atomic mass is 32.2. The van der Waals surface area contributed by atoms with Gasteiger partial charge >= 0.3 is 5.97 Å². The molecule has 4 N–H and O–H groups in total. The maximum Gasteiger partial charge on any atom is 0.329 e. The van der Waals surface area contributed by atoms with Crippen LogP contribution in [0, 0.1) is 17.2 Å². The van der Waals surface area contributed by atoms with Crippen LogP contribution in [0.4, 0.5) is 15.8 Å². The van der Waals surface area contributed by atoms with Gasteiger partial charge in [-0.25, -0.2) is 13.4 Å². The number of nitrogen functional groups attached to an aromatic ring is 1. The molecule has 0 aliphatic carbocycles. The molecule has 1 heterocycles. The Morgan fingerprint density at radius 3 is 2.41 bits per heavy atom. The van der Waals surface area contributed by atoms with Gasteiger partial charge in [-0.2, -0.15) is 0 Å². The Kier molecular flexibility index (Phi) is 11.4. The van der Waals surface area contributed by atoms with Crippen LogP contribution in [0.2, 0.25) is 0 Å². The first kappa shape index (κ1) is 33.9. The Bertz CT molecular complexity index is 1540. The number of benzene rings is 2. The summed E-state index contributed by atoms with van der Waals surface area (Å²) < 4.78 is 39.7. The number of rotatable bonds is 12. The van der Waals surface area contributed by atoms with E-state index < -0.39 is 51.5 Å². The van der Waals surface area contributed by atoms with Gasteiger partial charge in [0.2, 0.25) is 22.7 Å². The molecular formula is C32H37FN4O6S. The lowest BCUT2D eigenvalue weighted by molar-refractivity contribution is -0.147. The Labute approximate surface area is 258 Å². The standard InChI is InChI=1S/C32H37FN4O6S/c1-7-21-16-24(29(38)37-25(30(39)42-18-19(2)3)15-20-9-8-14-35-17-20)26(33)28(27(21)34)43-44(41)23-12-10-22(11-13-23)36-31(40)32(4,5)6/h7-14,16-17,19,25H,1,15,18,34H2,2-6H3,(H,36,40)(H,37,38)/t25-,44?/m0/s1. The average Bonchev–Trinajstić information content (AvgIpc) is 2.98. The predicted octanol–water partition coefficient (Wildman–Crippen LogP) is 5.07. The van der Waals surface area contributed by atoms with Crippen molar-refractivity contribution in [2.45, 2.75) is 52.0 Å². The van der Waals surface area contributed by atoms with E-state index in [4.69, 9.17) is 14.7 Å². The number of anilines is 2. The molecule has 0 saturated carbocycles. The van der Waals surface area contributed by atoms with E-state index in [2.05, 4.69) is 22.2 Å². The summed E-state index contributed by atoms with van der Waals surface area (Å²) in [5.74, 6) is -3.60. The summed E-state index contributed by atoms with van der Waals surface area (Å²) in [5.41, 5.74) is 6.02. The minimum atomic E-state index is -2.26. The molecule has 0 radical (unpaired) electrons. The first-order valence-electron chi connectivity index (χ1n) is 13.8. The molecule has 12 heteroatoms. The number of nitrogens with one attached hydrogen (secondary N) is 2. The smallest absolute Gasteiger partial charge is 0.329 e. The van der Waals surface area contributed by atoms with Crippen LogP contribution < -0.4 is 20.6 Å². The van der Waals surface area contributed by atoms with Crippen LogP contribution in [0.5, 0.6) is 5.75 Å². The molecule has 3 aromatic rings. The number of pyridine rings is 1. The zero-order valence-corrected chi connectivity index (χ0v) is 26.1. The summed E-state index contributed by atoms with van der Waals surface area (Å²) >= 11 is -2.26. The van der Waals surface area contributed by atoms with Gasteiger partial charge in [0.1, 0.15) is 6.04 Å². The van der Waals surface area contributed by atoms with Crippen LogP contribution in [-0.4, -0.2) is 39.6 Å². The third-order valence-electron chi connectivity index (χ3n) is 6.21. The molecular weight excluding hydrogens is 587 g/mol. The van der Waals surface area contributed by atoms with Gasteiger partial charge in [0.05, 0.1) is 22.8 Å². The number of nitrogens with zero attached hydrogens (tertiary/aromatic N) is 1. The molecule has 44 heavy (non-hydrogen) atoms. The van der Waals surface area contributed by atoms with Gasteiger partial charge < -0.3 is 25.3 Å². The summed E-state index contributed by atoms with van der Waals surface area (Å²) in [6, 6.07) is 9.36. The van der Waals surface area contributed by atoms with E-state index in [1.807, 2.05) is 13.8 Å². The quantitative estimate of drug-likeness (QED) is 0.187. The molecule has 0 aliphatic heterocycles. The highest BCUT2D eigenvalue weighted by molar-refractivity contribution is 7.80. The lowest BCUT2D eigenvalue weighted by atomic mass is 9.95. The van der Waals surface area contributed by atoms with Gasteiger partial charge in [0.25, 0.3) is 5.91 Å². The van der Waals surface area contributed by atoms with Crippen molar-refractivity contribution >= 4 is 46.3 Å². The van der Waals surface area contributed by atoms with Crippen molar-refractivity contribution in [2.24, 2.45) is 11.3 Å². The number of carbonyl (C=O) groups is 3. The van der Waals surface area contributed by atoms with E-state index in [1.54, 1.807) is 45.3 Å². The predicted molar refractivity (Wildman–Crippen MR) is 167 cm³/mol. The van der Waals surface area contributed by atoms with Crippen LogP contribution in [0.15, 0.2) is 66.3 Å². The number of aromatic nitrogens is 1. The molecule has 10 nitrogen and oxygen atoms in total. The molecule has 2 aromatic carbocycles. The second kappa shape index (κ2) is 14.7. The second-order valence-corrected chi connectivity index (χ2v) is 12.5. The minimum absolute atomic E-state index is 0.0427. The summed E-state index contributed by atoms with van der Waals surface area (Å²) in [5, 5.41) is 5.29. The Morgan fingerprint density at radius 1 is 1.16 bits per heavy atom. The van der Waals surface area contributed by atoms with Crippen molar-refractivity contribution in [1.29, 1.82) is 0 Å². The highest BCUT2D eigenvalue weighted by Gasteiger charge is 2.29. The van der Waals surface area contributed by atoms with Gasteiger partial charge in [-0.15, -0.1) is 0 Å². The first-order chi connectivity index (χ1) is 20.7. The molecule has 2 amide bonds. The molecule has 3 rings (SSSR count). The van der Waals surface area contributed by atoms with Crippen LogP contribution >= 0.6 is 0 Å². The monoisotopic (exact) mass is 624 g/mol. The third kappa shape index (κ3) is 8.96. The maximum atomic E-state index is 15.8. The van der Waals surface area contributed by atoms with Crippen LogP contribution in [0.25, 0.3) is 6.08 Å². The fourth-order valence-corrected chi connectivity index (χ4v) is 4.48. The van der Waals surface area contributed by atoms with E-state index in [0.717, 1.165) is 6.07 Å². The summed E-state index contributed by atoms with van der Waals surface area (Å²) in [6.45, 7) is 12.8. The number of halogens is 1. The maximum absolute atomic E-state index is 15.8. The molecule has 1 unspecified atom stereocenters. The van der Waals surface area contributed by atoms with E-state index >= 15 is 4.39 Å². The first-order valence-corrected chi connectivity index (χ1v) is 14.9. The Hall–Kier alpha value is -4.58. The summed E-state index contributed by atoms with van der Waals surface area (Å²) in [7, 11) is 0. The topological polar surface area (TPSA) is 150 Å². The number of carbonyl (C=O) groups excluding carboxylic acids is 3. The number of ether oxygens (including phenoxy) is 1. The molecule has 0 bridgehead atoms. The van der Waals surface area contributed by atoms with Gasteiger partial charge in [0.15, 0.2) is 5.82 Å². The lowest BCUT2D eigenvalue weighted by Crippen LogP contribution is -2.44. The average molecular weight is 625 g/mol. The van der Waals surface area contributed by atoms with Gasteiger partial charge in [-0.05, 0) is 47.9 Å². The van der Waals surface area contributed by atoms with Crippen LogP contribution in [0.3, 0.4) is 0 Å². The zero-order valence-electron chi connectivity index (χ0n) is 25.3. The highest BCUT2D eigenvalue weighted by Crippen LogP contribution is 2.34. The largest absolute Gasteiger partial charge is 0.464 e. The molecule has 0 fully saturated rings. The van der Waals surface area contributed by atoms with Crippen LogP contribution in [0.1, 0.15) is 56.1 Å². The summed E-state index contributed by atoms with van der Waals surface area (Å²) in [6.07, 6.45) is 4.44. The number of esters is 1. The Balaban J connectivity index is 1.87. The minimum Gasteiger partial charge on any atom is -0.464 e. The fourth-order valence-electron chi connectivity index (χ4n) is 3.71. The summed E-state index contributed by atoms with van der Waals surface area (Å²) in [4.78, 5) is 42.7. The molecule has 1 aromatic heterocycles. The molecule has 0 spiro atoms. The number of nitrogens with two attached hydrogens (primary N) is 1. The normalized spacial score (nSPS) is 12.6. The van der Waals surface area contributed by atoms with E-state index in [-0.39, 0.29) is 41.0 Å². The van der Waals surface area contributed by atoms with Gasteiger partial charge in [0, 0.05) is 35.5 Å². The van der Waals surface area contributed by atoms with Crippen molar-refractivity contribution in [1.82, 2.24) is 10.3 Å². The van der Waals surface area contributed by atoms with E-state index in [1.165, 1.54) is 30.3 Å². The number of hydrogen-bond acceptors (Lipinski definition) is 8. The SMILES string of the molecule is C=Cc1cc(C(=O)N[C@@H](Cc2cccnc2)C(=O)OCC(C)C)c(F)c(OS(=O)c2ccc(NC(=O)C(C)(C)C)cc2)c1N. The third-order valence-corrected chi connectivity index (χ3v) is 7.19. The number of hydrogen-bond donors (Lipinski definition) is 3. The Morgan fingerprint density at radius 2 is 1.84 bits per heavy atom. The molecule has 2 atom stereocenters. The van der Waals surface area contributed by atoms with Crippen molar-refractivity contribution in [3.05, 3.63) is 83.9 Å². The van der Waals surface area contributed by atoms with Crippen LogP contribution in [-0.2, 0) is 31.8 Å².